The van der Waals surface area contributed by atoms with Crippen LogP contribution < -0.4 is 4.74 Å². The lowest BCUT2D eigenvalue weighted by molar-refractivity contribution is -0.386. The maximum Gasteiger partial charge on any atom is 0.311 e. The van der Waals surface area contributed by atoms with Gasteiger partial charge in [0.25, 0.3) is 0 Å². The summed E-state index contributed by atoms with van der Waals surface area (Å²) in [5, 5.41) is 11.1. The molecular formula is C17H27FN2O6SSi. The van der Waals surface area contributed by atoms with Crippen molar-refractivity contribution in [1.82, 2.24) is 4.31 Å². The molecule has 1 aromatic rings. The molecule has 8 nitrogen and oxygen atoms in total. The fraction of sp³-hybridized carbons (Fsp3) is 0.647. The first-order valence-electron chi connectivity index (χ1n) is 8.85. The van der Waals surface area contributed by atoms with Gasteiger partial charge in [-0.3, -0.25) is 10.1 Å². The minimum absolute atomic E-state index is 0.0220. The van der Waals surface area contributed by atoms with Crippen molar-refractivity contribution in [3.05, 3.63) is 34.1 Å². The van der Waals surface area contributed by atoms with E-state index in [4.69, 9.17) is 9.16 Å². The van der Waals surface area contributed by atoms with E-state index in [0.717, 1.165) is 24.5 Å². The predicted molar refractivity (Wildman–Crippen MR) is 106 cm³/mol. The lowest BCUT2D eigenvalue weighted by Crippen LogP contribution is -2.48. The molecule has 2 rings (SSSR count). The monoisotopic (exact) mass is 434 g/mol. The average molecular weight is 435 g/mol. The number of hydrogen-bond donors (Lipinski definition) is 0. The third-order valence-corrected chi connectivity index (χ3v) is 11.0. The fourth-order valence-electron chi connectivity index (χ4n) is 2.66. The molecule has 0 radical (unpaired) electrons. The van der Waals surface area contributed by atoms with Gasteiger partial charge >= 0.3 is 5.69 Å². The molecule has 1 aliphatic heterocycles. The van der Waals surface area contributed by atoms with Crippen LogP contribution in [0.15, 0.2) is 18.2 Å². The Morgan fingerprint density at radius 2 is 1.82 bits per heavy atom. The predicted octanol–water partition coefficient (Wildman–Crippen LogP) is 3.15. The van der Waals surface area contributed by atoms with Crippen LogP contribution >= 0.6 is 0 Å². The number of hydrogen-bond acceptors (Lipinski definition) is 6. The van der Waals surface area contributed by atoms with Gasteiger partial charge in [0.05, 0.1) is 23.8 Å². The zero-order valence-electron chi connectivity index (χ0n) is 16.9. The SMILES string of the molecule is CC(C)(C)[Si](C)(C)O[C@H]1CN(S(C)(=O)=O)C[C@@H]1Oc1cc(F)ccc1[N+](=O)[O-]. The summed E-state index contributed by atoms with van der Waals surface area (Å²) in [6.45, 7) is 10.3. The van der Waals surface area contributed by atoms with Gasteiger partial charge in [-0.15, -0.1) is 0 Å². The first kappa shape index (κ1) is 22.7. The van der Waals surface area contributed by atoms with Crippen molar-refractivity contribution < 1.29 is 26.9 Å². The van der Waals surface area contributed by atoms with Crippen molar-refractivity contribution >= 4 is 24.0 Å². The van der Waals surface area contributed by atoms with E-state index in [9.17, 15) is 22.9 Å². The Morgan fingerprint density at radius 3 is 2.32 bits per heavy atom. The molecule has 0 unspecified atom stereocenters. The third kappa shape index (κ3) is 5.07. The van der Waals surface area contributed by atoms with Gasteiger partial charge in [-0.2, -0.15) is 4.31 Å². The largest absolute Gasteiger partial charge is 0.479 e. The number of nitrogens with zero attached hydrogens (tertiary/aromatic N) is 2. The van der Waals surface area contributed by atoms with Crippen LogP contribution in [0.4, 0.5) is 10.1 Å². The summed E-state index contributed by atoms with van der Waals surface area (Å²) < 4.78 is 51.0. The first-order valence-corrected chi connectivity index (χ1v) is 13.6. The summed E-state index contributed by atoms with van der Waals surface area (Å²) in [5.41, 5.74) is -0.384. The number of nitro benzene ring substituents is 1. The molecule has 1 heterocycles. The van der Waals surface area contributed by atoms with E-state index in [0.29, 0.717) is 0 Å². The highest BCUT2D eigenvalue weighted by molar-refractivity contribution is 7.88. The molecule has 0 saturated carbocycles. The van der Waals surface area contributed by atoms with Crippen LogP contribution in [0.2, 0.25) is 18.1 Å². The molecule has 11 heteroatoms. The molecule has 0 bridgehead atoms. The quantitative estimate of drug-likeness (QED) is 0.387. The number of ether oxygens (including phenoxy) is 1. The number of benzene rings is 1. The number of halogens is 1. The Kier molecular flexibility index (Phi) is 6.24. The maximum atomic E-state index is 13.6. The first-order chi connectivity index (χ1) is 12.6. The Bertz CT molecular complexity index is 856. The van der Waals surface area contributed by atoms with Crippen molar-refractivity contribution in [1.29, 1.82) is 0 Å². The summed E-state index contributed by atoms with van der Waals surface area (Å²) in [4.78, 5) is 10.6. The van der Waals surface area contributed by atoms with Crippen molar-refractivity contribution in [2.24, 2.45) is 0 Å². The number of rotatable bonds is 6. The van der Waals surface area contributed by atoms with E-state index >= 15 is 0 Å². The minimum atomic E-state index is -3.51. The van der Waals surface area contributed by atoms with Crippen molar-refractivity contribution in [3.63, 3.8) is 0 Å². The Morgan fingerprint density at radius 1 is 1.25 bits per heavy atom. The zero-order valence-corrected chi connectivity index (χ0v) is 18.7. The summed E-state index contributed by atoms with van der Waals surface area (Å²) >= 11 is 0. The van der Waals surface area contributed by atoms with Crippen LogP contribution in [0.3, 0.4) is 0 Å². The summed E-state index contributed by atoms with van der Waals surface area (Å²) in [6, 6.07) is 2.94. The molecular weight excluding hydrogens is 407 g/mol. The van der Waals surface area contributed by atoms with Gasteiger partial charge in [-0.25, -0.2) is 12.8 Å². The number of nitro groups is 1. The van der Waals surface area contributed by atoms with Crippen LogP contribution in [-0.4, -0.2) is 57.5 Å². The summed E-state index contributed by atoms with van der Waals surface area (Å²) in [7, 11) is -5.78. The van der Waals surface area contributed by atoms with E-state index in [1.165, 1.54) is 4.31 Å². The Labute approximate surface area is 166 Å². The van der Waals surface area contributed by atoms with Crippen molar-refractivity contribution in [2.75, 3.05) is 19.3 Å². The Hall–Kier alpha value is -1.56. The van der Waals surface area contributed by atoms with E-state index in [-0.39, 0.29) is 29.6 Å². The molecule has 28 heavy (non-hydrogen) atoms. The topological polar surface area (TPSA) is 99.0 Å². The average Bonchev–Trinajstić information content (AvgIpc) is 2.88. The lowest BCUT2D eigenvalue weighted by Gasteiger charge is -2.39. The van der Waals surface area contributed by atoms with Gasteiger partial charge in [0.2, 0.25) is 10.0 Å². The van der Waals surface area contributed by atoms with Gasteiger partial charge in [0, 0.05) is 18.7 Å². The van der Waals surface area contributed by atoms with E-state index < -0.39 is 41.3 Å². The molecule has 0 N–H and O–H groups in total. The van der Waals surface area contributed by atoms with E-state index in [2.05, 4.69) is 20.8 Å². The minimum Gasteiger partial charge on any atom is -0.479 e. The smallest absolute Gasteiger partial charge is 0.311 e. The normalized spacial score (nSPS) is 21.7. The van der Waals surface area contributed by atoms with E-state index in [1.807, 2.05) is 13.1 Å². The Balaban J connectivity index is 2.36. The number of sulfonamides is 1. The molecule has 0 spiro atoms. The van der Waals surface area contributed by atoms with Gasteiger partial charge in [-0.1, -0.05) is 20.8 Å². The standard InChI is InChI=1S/C17H27FN2O6SSi/c1-17(2,3)28(5,6)26-16-11-19(27(4,23)24)10-15(16)25-14-9-12(18)7-8-13(14)20(21)22/h7-9,15-16H,10-11H2,1-6H3/t15-,16-/m0/s1. The molecule has 0 aliphatic carbocycles. The maximum absolute atomic E-state index is 13.6. The van der Waals surface area contributed by atoms with Gasteiger partial charge in [-0.05, 0) is 24.2 Å². The van der Waals surface area contributed by atoms with Crippen LogP contribution in [0.5, 0.6) is 5.75 Å². The van der Waals surface area contributed by atoms with Crippen LogP contribution in [0.25, 0.3) is 0 Å². The molecule has 1 aliphatic rings. The van der Waals surface area contributed by atoms with Crippen molar-refractivity contribution in [2.45, 2.75) is 51.1 Å². The summed E-state index contributed by atoms with van der Waals surface area (Å²) in [5.74, 6) is -0.922. The summed E-state index contributed by atoms with van der Waals surface area (Å²) in [6.07, 6.45) is -0.313. The molecule has 158 valence electrons. The molecule has 1 saturated heterocycles. The zero-order chi connectivity index (χ0) is 21.5. The highest BCUT2D eigenvalue weighted by Gasteiger charge is 2.46. The highest BCUT2D eigenvalue weighted by Crippen LogP contribution is 2.39. The van der Waals surface area contributed by atoms with Gasteiger partial charge in [0.15, 0.2) is 14.1 Å². The van der Waals surface area contributed by atoms with Crippen LogP contribution in [-0.2, 0) is 14.4 Å². The second kappa shape index (κ2) is 7.69. The third-order valence-electron chi connectivity index (χ3n) is 5.30. The molecule has 1 fully saturated rings. The van der Waals surface area contributed by atoms with Crippen molar-refractivity contribution in [3.8, 4) is 5.75 Å². The lowest BCUT2D eigenvalue weighted by atomic mass is 10.2. The van der Waals surface area contributed by atoms with Crippen LogP contribution in [0.1, 0.15) is 20.8 Å². The molecule has 1 aromatic carbocycles. The second-order valence-electron chi connectivity index (χ2n) is 8.52. The molecule has 0 amide bonds. The highest BCUT2D eigenvalue weighted by atomic mass is 32.2. The molecule has 0 aromatic heterocycles. The van der Waals surface area contributed by atoms with Crippen LogP contribution in [0, 0.1) is 15.9 Å². The second-order valence-corrected chi connectivity index (χ2v) is 15.3. The van der Waals surface area contributed by atoms with Gasteiger partial charge < -0.3 is 9.16 Å². The van der Waals surface area contributed by atoms with E-state index in [1.54, 1.807) is 0 Å². The molecule has 2 atom stereocenters. The van der Waals surface area contributed by atoms with Gasteiger partial charge in [0.1, 0.15) is 11.9 Å². The fourth-order valence-corrected chi connectivity index (χ4v) is 4.83.